The highest BCUT2D eigenvalue weighted by atomic mass is 16.3. The van der Waals surface area contributed by atoms with Crippen LogP contribution in [0.15, 0.2) is 42.9 Å². The fourth-order valence-electron chi connectivity index (χ4n) is 6.35. The molecule has 1 fully saturated rings. The van der Waals surface area contributed by atoms with E-state index in [9.17, 15) is 24.6 Å². The van der Waals surface area contributed by atoms with Gasteiger partial charge in [0, 0.05) is 44.9 Å². The topological polar surface area (TPSA) is 151 Å². The van der Waals surface area contributed by atoms with Crippen molar-refractivity contribution in [3.8, 4) is 0 Å². The van der Waals surface area contributed by atoms with Crippen molar-refractivity contribution in [1.29, 1.82) is 0 Å². The lowest BCUT2D eigenvalue weighted by atomic mass is 9.82. The summed E-state index contributed by atoms with van der Waals surface area (Å²) < 4.78 is 0. The zero-order valence-corrected chi connectivity index (χ0v) is 29.0. The molecule has 1 saturated carbocycles. The maximum atomic E-state index is 14.0. The molecular weight excluding hydrogens is 596 g/mol. The van der Waals surface area contributed by atoms with Crippen molar-refractivity contribution in [1.82, 2.24) is 30.4 Å². The molecule has 5 atom stereocenters. The third-order valence-corrected chi connectivity index (χ3v) is 9.20. The smallest absolute Gasteiger partial charge is 0.243 e. The fraction of sp³-hybridized carbons (Fsp3) is 0.667. The lowest BCUT2D eigenvalue weighted by molar-refractivity contribution is -0.137. The predicted molar refractivity (Wildman–Crippen MR) is 183 cm³/mol. The number of rotatable bonds is 19. The second kappa shape index (κ2) is 19.5. The molecule has 1 aliphatic rings. The quantitative estimate of drug-likeness (QED) is 0.156. The van der Waals surface area contributed by atoms with Crippen LogP contribution in [0.2, 0.25) is 0 Å². The predicted octanol–water partition coefficient (Wildman–Crippen LogP) is 2.93. The van der Waals surface area contributed by atoms with Gasteiger partial charge in [0.15, 0.2) is 0 Å². The molecule has 1 aromatic carbocycles. The molecule has 11 heteroatoms. The van der Waals surface area contributed by atoms with Crippen molar-refractivity contribution in [2.24, 2.45) is 17.8 Å². The van der Waals surface area contributed by atoms with Gasteiger partial charge in [-0.05, 0) is 50.8 Å². The lowest BCUT2D eigenvalue weighted by Crippen LogP contribution is -2.56. The number of benzene rings is 1. The number of aromatic nitrogens is 2. The molecule has 3 rings (SSSR count). The van der Waals surface area contributed by atoms with Gasteiger partial charge in [0.25, 0.3) is 0 Å². The van der Waals surface area contributed by atoms with Crippen molar-refractivity contribution in [2.45, 2.75) is 102 Å². The van der Waals surface area contributed by atoms with E-state index in [1.807, 2.05) is 63.2 Å². The van der Waals surface area contributed by atoms with E-state index in [1.54, 1.807) is 18.1 Å². The Hall–Kier alpha value is -3.28. The summed E-state index contributed by atoms with van der Waals surface area (Å²) in [6, 6.07) is 7.88. The Balaban J connectivity index is 1.83. The first-order valence-electron chi connectivity index (χ1n) is 17.3. The number of amides is 3. The Morgan fingerprint density at radius 2 is 1.66 bits per heavy atom. The van der Waals surface area contributed by atoms with Crippen molar-refractivity contribution < 1.29 is 24.6 Å². The first kappa shape index (κ1) is 38.2. The van der Waals surface area contributed by atoms with Crippen molar-refractivity contribution in [3.05, 3.63) is 54.1 Å². The Bertz CT molecular complexity index is 1200. The molecule has 0 unspecified atom stereocenters. The number of aromatic amines is 1. The van der Waals surface area contributed by atoms with Gasteiger partial charge in [0.2, 0.25) is 17.7 Å². The van der Waals surface area contributed by atoms with Crippen LogP contribution in [-0.2, 0) is 27.2 Å². The van der Waals surface area contributed by atoms with Crippen LogP contribution in [0.3, 0.4) is 0 Å². The molecule has 2 aromatic rings. The average Bonchev–Trinajstić information content (AvgIpc) is 3.56. The van der Waals surface area contributed by atoms with E-state index in [-0.39, 0.29) is 24.7 Å². The third-order valence-electron chi connectivity index (χ3n) is 9.20. The highest BCUT2D eigenvalue weighted by Crippen LogP contribution is 2.29. The number of likely N-dealkylation sites (N-methyl/N-ethyl adjacent to an activating group) is 2. The molecule has 1 heterocycles. The first-order valence-corrected chi connectivity index (χ1v) is 17.3. The Morgan fingerprint density at radius 3 is 2.28 bits per heavy atom. The first-order chi connectivity index (χ1) is 22.4. The van der Waals surface area contributed by atoms with Crippen LogP contribution in [0.4, 0.5) is 0 Å². The summed E-state index contributed by atoms with van der Waals surface area (Å²) in [6.07, 6.45) is 7.87. The van der Waals surface area contributed by atoms with E-state index < -0.39 is 42.0 Å². The fourth-order valence-corrected chi connectivity index (χ4v) is 6.35. The molecule has 1 aliphatic carbocycles. The summed E-state index contributed by atoms with van der Waals surface area (Å²) in [6.45, 7) is 5.20. The van der Waals surface area contributed by atoms with E-state index in [0.29, 0.717) is 44.0 Å². The van der Waals surface area contributed by atoms with E-state index in [1.165, 1.54) is 12.7 Å². The van der Waals surface area contributed by atoms with Crippen LogP contribution >= 0.6 is 0 Å². The average molecular weight is 655 g/mol. The number of H-pyrrole nitrogens is 1. The Kier molecular flexibility index (Phi) is 15.9. The number of carbonyl (C=O) groups excluding carboxylic acids is 3. The Labute approximate surface area is 280 Å². The van der Waals surface area contributed by atoms with Crippen LogP contribution in [-0.4, -0.2) is 106 Å². The van der Waals surface area contributed by atoms with Crippen LogP contribution in [0.1, 0.15) is 76.5 Å². The minimum atomic E-state index is -1.15. The molecule has 3 amide bonds. The van der Waals surface area contributed by atoms with Crippen LogP contribution < -0.4 is 10.6 Å². The zero-order chi connectivity index (χ0) is 34.3. The maximum Gasteiger partial charge on any atom is 0.243 e. The largest absolute Gasteiger partial charge is 0.390 e. The SMILES string of the molecule is CC(C)C[C@H](O)[C@H](O)[C@H](CC1CCCCC1)NC(=O)[C@H](Cc1cnc[nH]1)NC(=O)[C@@H](CC(=O)N(C)CCN(C)C)Cc1ccccc1. The second-order valence-electron chi connectivity index (χ2n) is 14.1. The van der Waals surface area contributed by atoms with Gasteiger partial charge in [-0.25, -0.2) is 4.98 Å². The number of nitrogens with one attached hydrogen (secondary N) is 3. The van der Waals surface area contributed by atoms with Gasteiger partial charge in [-0.15, -0.1) is 0 Å². The maximum absolute atomic E-state index is 14.0. The van der Waals surface area contributed by atoms with E-state index in [4.69, 9.17) is 0 Å². The Morgan fingerprint density at radius 1 is 0.957 bits per heavy atom. The van der Waals surface area contributed by atoms with Gasteiger partial charge < -0.3 is 35.6 Å². The molecule has 0 radical (unpaired) electrons. The summed E-state index contributed by atoms with van der Waals surface area (Å²) in [5, 5.41) is 28.2. The summed E-state index contributed by atoms with van der Waals surface area (Å²) in [7, 11) is 5.63. The van der Waals surface area contributed by atoms with Crippen LogP contribution in [0.5, 0.6) is 0 Å². The molecule has 5 N–H and O–H groups in total. The highest BCUT2D eigenvalue weighted by molar-refractivity contribution is 5.91. The van der Waals surface area contributed by atoms with Crippen LogP contribution in [0, 0.1) is 17.8 Å². The zero-order valence-electron chi connectivity index (χ0n) is 29.0. The third kappa shape index (κ3) is 13.4. The summed E-state index contributed by atoms with van der Waals surface area (Å²) in [5.74, 6) is -1.19. The number of hydrogen-bond donors (Lipinski definition) is 5. The highest BCUT2D eigenvalue weighted by Gasteiger charge is 2.34. The second-order valence-corrected chi connectivity index (χ2v) is 14.1. The lowest BCUT2D eigenvalue weighted by Gasteiger charge is -2.34. The monoisotopic (exact) mass is 654 g/mol. The number of nitrogens with zero attached hydrogens (tertiary/aromatic N) is 3. The minimum Gasteiger partial charge on any atom is -0.390 e. The molecule has 262 valence electrons. The van der Waals surface area contributed by atoms with Gasteiger partial charge in [0.05, 0.1) is 24.4 Å². The van der Waals surface area contributed by atoms with E-state index in [2.05, 4.69) is 20.6 Å². The van der Waals surface area contributed by atoms with Crippen molar-refractivity contribution >= 4 is 17.7 Å². The van der Waals surface area contributed by atoms with Gasteiger partial charge in [-0.3, -0.25) is 14.4 Å². The minimum absolute atomic E-state index is 0.00648. The summed E-state index contributed by atoms with van der Waals surface area (Å²) in [4.78, 5) is 52.0. The number of imidazole rings is 1. The van der Waals surface area contributed by atoms with Crippen molar-refractivity contribution in [3.63, 3.8) is 0 Å². The number of aliphatic hydroxyl groups is 2. The molecule has 0 saturated heterocycles. The molecule has 0 aliphatic heterocycles. The van der Waals surface area contributed by atoms with Gasteiger partial charge in [-0.2, -0.15) is 0 Å². The molecule has 0 spiro atoms. The van der Waals surface area contributed by atoms with Gasteiger partial charge in [-0.1, -0.05) is 76.3 Å². The number of aliphatic hydroxyl groups excluding tert-OH is 2. The molecule has 47 heavy (non-hydrogen) atoms. The van der Waals surface area contributed by atoms with E-state index >= 15 is 0 Å². The molecule has 1 aromatic heterocycles. The molecular formula is C36H58N6O5. The van der Waals surface area contributed by atoms with Gasteiger partial charge in [0.1, 0.15) is 12.1 Å². The summed E-state index contributed by atoms with van der Waals surface area (Å²) >= 11 is 0. The summed E-state index contributed by atoms with van der Waals surface area (Å²) in [5.41, 5.74) is 1.58. The number of carbonyl (C=O) groups is 3. The van der Waals surface area contributed by atoms with Crippen molar-refractivity contribution in [2.75, 3.05) is 34.2 Å². The van der Waals surface area contributed by atoms with Crippen LogP contribution in [0.25, 0.3) is 0 Å². The standard InChI is InChI=1S/C36H58N6O5/c1-25(2)18-32(43)34(45)30(20-27-14-10-7-11-15-27)39-36(47)31(22-29-23-37-24-38-29)40-35(46)28(19-26-12-8-6-9-13-26)21-33(44)42(5)17-16-41(3)4/h6,8-9,12-13,23-25,27-28,30-32,34,43,45H,7,10-11,14-22H2,1-5H3,(H,37,38)(H,39,47)(H,40,46)/t28-,30+,31+,32+,34-/m1/s1. The normalized spacial score (nSPS) is 17.1. The molecule has 11 nitrogen and oxygen atoms in total. The molecule has 0 bridgehead atoms. The van der Waals surface area contributed by atoms with E-state index in [0.717, 1.165) is 31.2 Å². The number of hydrogen-bond acceptors (Lipinski definition) is 7. The van der Waals surface area contributed by atoms with Gasteiger partial charge >= 0.3 is 0 Å².